The van der Waals surface area contributed by atoms with Gasteiger partial charge in [-0.15, -0.1) is 0 Å². The molecule has 3 rings (SSSR count). The van der Waals surface area contributed by atoms with Gasteiger partial charge in [0, 0.05) is 10.0 Å². The Morgan fingerprint density at radius 1 is 1.29 bits per heavy atom. The second-order valence-corrected chi connectivity index (χ2v) is 6.02. The van der Waals surface area contributed by atoms with Crippen LogP contribution in [0, 0.1) is 5.82 Å². The molecule has 0 aliphatic carbocycles. The van der Waals surface area contributed by atoms with Crippen molar-refractivity contribution in [3.05, 3.63) is 63.3 Å². The van der Waals surface area contributed by atoms with Gasteiger partial charge in [-0.05, 0) is 24.3 Å². The molecule has 2 aromatic carbocycles. The molecule has 0 radical (unpaired) electrons. The Hall–Kier alpha value is -1.59. The summed E-state index contributed by atoms with van der Waals surface area (Å²) in [7, 11) is 0. The number of hydrogen-bond donors (Lipinski definition) is 1. The summed E-state index contributed by atoms with van der Waals surface area (Å²) >= 11 is 9.49. The Balaban J connectivity index is 2.05. The van der Waals surface area contributed by atoms with E-state index < -0.39 is 0 Å². The molecule has 0 saturated heterocycles. The van der Waals surface area contributed by atoms with E-state index in [-0.39, 0.29) is 11.9 Å². The predicted octanol–water partition coefficient (Wildman–Crippen LogP) is 4.12. The molecule has 3 nitrogen and oxygen atoms in total. The molecule has 0 amide bonds. The van der Waals surface area contributed by atoms with Crippen LogP contribution in [0.5, 0.6) is 0 Å². The minimum Gasteiger partial charge on any atom is -0.369 e. The number of nitrogens with two attached hydrogens (primary N) is 1. The third-order valence-corrected chi connectivity index (χ3v) is 4.23. The number of halogens is 3. The van der Waals surface area contributed by atoms with Gasteiger partial charge in [-0.1, -0.05) is 45.7 Å². The molecular formula is C15H12BrClFN3. The topological polar surface area (TPSA) is 41.6 Å². The van der Waals surface area contributed by atoms with E-state index in [0.29, 0.717) is 27.6 Å². The van der Waals surface area contributed by atoms with Crippen LogP contribution in [0.15, 0.2) is 51.9 Å². The minimum atomic E-state index is -0.295. The van der Waals surface area contributed by atoms with E-state index >= 15 is 0 Å². The maximum Gasteiger partial charge on any atom is 0.196 e. The number of aliphatic imine (C=N–C) groups is 1. The molecule has 0 aromatic heterocycles. The molecule has 2 aromatic rings. The summed E-state index contributed by atoms with van der Waals surface area (Å²) in [5.74, 6) is 0.0479. The van der Waals surface area contributed by atoms with Crippen LogP contribution in [0.2, 0.25) is 5.02 Å². The standard InChI is InChI=1S/C15H12BrClFN3/c16-9-5-6-10(12(18)7-9)14-8-20-15(19)21(14)13-4-2-1-3-11(13)17/h1-7,14H,8H2,(H2,19,20). The number of para-hydroxylation sites is 1. The molecule has 0 spiro atoms. The molecule has 1 heterocycles. The van der Waals surface area contributed by atoms with Crippen molar-refractivity contribution in [3.8, 4) is 0 Å². The Kier molecular flexibility index (Phi) is 3.87. The van der Waals surface area contributed by atoms with Crippen LogP contribution in [0.3, 0.4) is 0 Å². The molecule has 108 valence electrons. The van der Waals surface area contributed by atoms with Gasteiger partial charge in [-0.2, -0.15) is 0 Å². The first-order valence-corrected chi connectivity index (χ1v) is 7.53. The van der Waals surface area contributed by atoms with Gasteiger partial charge in [0.15, 0.2) is 5.96 Å². The highest BCUT2D eigenvalue weighted by molar-refractivity contribution is 9.10. The summed E-state index contributed by atoms with van der Waals surface area (Å²) in [6, 6.07) is 12.0. The van der Waals surface area contributed by atoms with E-state index in [1.54, 1.807) is 23.1 Å². The molecule has 1 atom stereocenters. The second-order valence-electron chi connectivity index (χ2n) is 4.70. The third kappa shape index (κ3) is 2.63. The van der Waals surface area contributed by atoms with Gasteiger partial charge in [0.25, 0.3) is 0 Å². The minimum absolute atomic E-state index is 0.294. The maximum atomic E-state index is 14.2. The van der Waals surface area contributed by atoms with Gasteiger partial charge in [0.1, 0.15) is 5.82 Å². The molecular weight excluding hydrogens is 357 g/mol. The van der Waals surface area contributed by atoms with Crippen LogP contribution in [0.1, 0.15) is 11.6 Å². The number of guanidine groups is 1. The highest BCUT2D eigenvalue weighted by atomic mass is 79.9. The van der Waals surface area contributed by atoms with Crippen LogP contribution in [0.4, 0.5) is 10.1 Å². The van der Waals surface area contributed by atoms with Gasteiger partial charge < -0.3 is 10.6 Å². The van der Waals surface area contributed by atoms with Gasteiger partial charge in [0.05, 0.1) is 23.3 Å². The molecule has 1 unspecified atom stereocenters. The highest BCUT2D eigenvalue weighted by Crippen LogP contribution is 2.36. The summed E-state index contributed by atoms with van der Waals surface area (Å²) in [5.41, 5.74) is 7.24. The number of hydrogen-bond acceptors (Lipinski definition) is 3. The lowest BCUT2D eigenvalue weighted by atomic mass is 10.0. The van der Waals surface area contributed by atoms with Crippen LogP contribution in [0.25, 0.3) is 0 Å². The van der Waals surface area contributed by atoms with Gasteiger partial charge in [-0.25, -0.2) is 4.39 Å². The molecule has 1 aliphatic heterocycles. The maximum absolute atomic E-state index is 14.2. The zero-order valence-corrected chi connectivity index (χ0v) is 13.3. The monoisotopic (exact) mass is 367 g/mol. The Bertz CT molecular complexity index is 720. The Morgan fingerprint density at radius 2 is 2.05 bits per heavy atom. The molecule has 0 saturated carbocycles. The van der Waals surface area contributed by atoms with E-state index in [1.807, 2.05) is 18.2 Å². The van der Waals surface area contributed by atoms with E-state index in [4.69, 9.17) is 17.3 Å². The Morgan fingerprint density at radius 3 is 2.76 bits per heavy atom. The SMILES string of the molecule is NC1=NCC(c2ccc(Br)cc2F)N1c1ccccc1Cl. The normalized spacial score (nSPS) is 18.0. The van der Waals surface area contributed by atoms with E-state index in [9.17, 15) is 4.39 Å². The van der Waals surface area contributed by atoms with Crippen molar-refractivity contribution in [2.75, 3.05) is 11.4 Å². The summed E-state index contributed by atoms with van der Waals surface area (Å²) in [5, 5.41) is 0.556. The lowest BCUT2D eigenvalue weighted by molar-refractivity contribution is 0.588. The quantitative estimate of drug-likeness (QED) is 0.866. The first kappa shape index (κ1) is 14.4. The van der Waals surface area contributed by atoms with Gasteiger partial charge >= 0.3 is 0 Å². The van der Waals surface area contributed by atoms with Crippen LogP contribution in [-0.2, 0) is 0 Å². The summed E-state index contributed by atoms with van der Waals surface area (Å²) in [4.78, 5) is 6.01. The number of anilines is 1. The molecule has 0 fully saturated rings. The molecule has 21 heavy (non-hydrogen) atoms. The zero-order chi connectivity index (χ0) is 15.0. The summed E-state index contributed by atoms with van der Waals surface area (Å²) in [6.07, 6.45) is 0. The van der Waals surface area contributed by atoms with Gasteiger partial charge in [0.2, 0.25) is 0 Å². The third-order valence-electron chi connectivity index (χ3n) is 3.42. The average Bonchev–Trinajstić information content (AvgIpc) is 2.81. The number of nitrogens with zero attached hydrogens (tertiary/aromatic N) is 2. The largest absolute Gasteiger partial charge is 0.369 e. The lowest BCUT2D eigenvalue weighted by Gasteiger charge is -2.27. The predicted molar refractivity (Wildman–Crippen MR) is 87.3 cm³/mol. The summed E-state index contributed by atoms with van der Waals surface area (Å²) < 4.78 is 14.9. The second kappa shape index (κ2) is 5.66. The zero-order valence-electron chi connectivity index (χ0n) is 10.9. The van der Waals surface area contributed by atoms with E-state index in [2.05, 4.69) is 20.9 Å². The smallest absolute Gasteiger partial charge is 0.196 e. The first-order chi connectivity index (χ1) is 10.1. The van der Waals surface area contributed by atoms with Crippen molar-refractivity contribution in [2.24, 2.45) is 10.7 Å². The fourth-order valence-corrected chi connectivity index (χ4v) is 3.01. The van der Waals surface area contributed by atoms with E-state index in [1.165, 1.54) is 6.07 Å². The first-order valence-electron chi connectivity index (χ1n) is 6.36. The summed E-state index contributed by atoms with van der Waals surface area (Å²) in [6.45, 7) is 0.398. The highest BCUT2D eigenvalue weighted by Gasteiger charge is 2.31. The van der Waals surface area contributed by atoms with Crippen molar-refractivity contribution in [1.82, 2.24) is 0 Å². The number of benzene rings is 2. The van der Waals surface area contributed by atoms with Crippen molar-refractivity contribution in [2.45, 2.75) is 6.04 Å². The molecule has 6 heteroatoms. The molecule has 2 N–H and O–H groups in total. The molecule has 0 bridgehead atoms. The fourth-order valence-electron chi connectivity index (χ4n) is 2.45. The van der Waals surface area contributed by atoms with E-state index in [0.717, 1.165) is 5.69 Å². The van der Waals surface area contributed by atoms with Crippen molar-refractivity contribution >= 4 is 39.2 Å². The molecule has 1 aliphatic rings. The fraction of sp³-hybridized carbons (Fsp3) is 0.133. The van der Waals surface area contributed by atoms with Crippen molar-refractivity contribution < 1.29 is 4.39 Å². The van der Waals surface area contributed by atoms with Crippen LogP contribution >= 0.6 is 27.5 Å². The Labute approximate surface area is 135 Å². The number of rotatable bonds is 2. The van der Waals surface area contributed by atoms with Crippen LogP contribution < -0.4 is 10.6 Å². The van der Waals surface area contributed by atoms with Crippen LogP contribution in [-0.4, -0.2) is 12.5 Å². The van der Waals surface area contributed by atoms with Crippen molar-refractivity contribution in [3.63, 3.8) is 0 Å². The lowest BCUT2D eigenvalue weighted by Crippen LogP contribution is -2.36. The van der Waals surface area contributed by atoms with Crippen molar-refractivity contribution in [1.29, 1.82) is 0 Å². The average molecular weight is 369 g/mol. The van der Waals surface area contributed by atoms with Gasteiger partial charge in [-0.3, -0.25) is 4.99 Å².